The van der Waals surface area contributed by atoms with Crippen molar-refractivity contribution in [2.24, 2.45) is 10.9 Å². The van der Waals surface area contributed by atoms with Gasteiger partial charge >= 0.3 is 5.97 Å². The molecule has 1 saturated carbocycles. The zero-order chi connectivity index (χ0) is 27.4. The predicted molar refractivity (Wildman–Crippen MR) is 144 cm³/mol. The highest BCUT2D eigenvalue weighted by molar-refractivity contribution is 6.12. The Bertz CT molecular complexity index is 1280. The number of methoxy groups -OCH3 is 4. The lowest BCUT2D eigenvalue weighted by molar-refractivity contribution is -0.136. The van der Waals surface area contributed by atoms with E-state index in [2.05, 4.69) is 0 Å². The van der Waals surface area contributed by atoms with Gasteiger partial charge in [-0.05, 0) is 61.1 Å². The van der Waals surface area contributed by atoms with Gasteiger partial charge in [0.05, 0.1) is 46.5 Å². The summed E-state index contributed by atoms with van der Waals surface area (Å²) >= 11 is 0. The van der Waals surface area contributed by atoms with Gasteiger partial charge in [0.2, 0.25) is 0 Å². The number of allylic oxidation sites excluding steroid dienone is 1. The first-order valence-electron chi connectivity index (χ1n) is 12.8. The van der Waals surface area contributed by atoms with Crippen LogP contribution >= 0.6 is 0 Å². The monoisotopic (exact) mass is 521 g/mol. The zero-order valence-electron chi connectivity index (χ0n) is 22.8. The third-order valence-electron chi connectivity index (χ3n) is 7.25. The van der Waals surface area contributed by atoms with Gasteiger partial charge in [0.15, 0.2) is 23.0 Å². The van der Waals surface area contributed by atoms with Crippen molar-refractivity contribution in [2.75, 3.05) is 35.0 Å². The summed E-state index contributed by atoms with van der Waals surface area (Å²) in [7, 11) is 6.11. The summed E-state index contributed by atoms with van der Waals surface area (Å²) in [6.07, 6.45) is 1.76. The maximum atomic E-state index is 13.8. The largest absolute Gasteiger partial charge is 0.493 e. The highest BCUT2D eigenvalue weighted by atomic mass is 16.5. The Kier molecular flexibility index (Phi) is 8.39. The van der Waals surface area contributed by atoms with Crippen molar-refractivity contribution in [1.29, 1.82) is 0 Å². The Morgan fingerprint density at radius 3 is 2.16 bits per heavy atom. The van der Waals surface area contributed by atoms with Crippen molar-refractivity contribution in [3.8, 4) is 23.0 Å². The molecule has 1 fully saturated rings. The number of rotatable bonds is 9. The molecule has 1 aliphatic heterocycles. The molecular weight excluding hydrogens is 486 g/mol. The van der Waals surface area contributed by atoms with E-state index < -0.39 is 17.8 Å². The van der Waals surface area contributed by atoms with Crippen LogP contribution in [-0.2, 0) is 14.3 Å². The Hall–Kier alpha value is -3.81. The SMILES string of the molecule is CCCOc1ccc([C@@H]2C(C(=O)OC)=C(C)N=C3C[C@H](c4ccc(OC)c(OC)c4)CC(=O)C32)cc1OC. The number of hydrogen-bond donors (Lipinski definition) is 0. The van der Waals surface area contributed by atoms with Crippen LogP contribution in [0.5, 0.6) is 23.0 Å². The zero-order valence-corrected chi connectivity index (χ0v) is 22.8. The first-order valence-corrected chi connectivity index (χ1v) is 12.8. The number of Topliss-reactive ketones (excluding diaryl/α,β-unsaturated/α-hetero) is 1. The molecule has 2 aromatic rings. The molecule has 0 aromatic heterocycles. The van der Waals surface area contributed by atoms with E-state index in [-0.39, 0.29) is 11.7 Å². The summed E-state index contributed by atoms with van der Waals surface area (Å²) in [5.74, 6) is 0.774. The quantitative estimate of drug-likeness (QED) is 0.416. The molecule has 8 nitrogen and oxygen atoms in total. The Balaban J connectivity index is 1.76. The summed E-state index contributed by atoms with van der Waals surface area (Å²) < 4.78 is 27.4. The lowest BCUT2D eigenvalue weighted by atomic mass is 9.66. The van der Waals surface area contributed by atoms with Gasteiger partial charge in [0, 0.05) is 23.7 Å². The number of fused-ring (bicyclic) bond motifs is 1. The number of carbonyl (C=O) groups is 2. The number of hydrogen-bond acceptors (Lipinski definition) is 8. The summed E-state index contributed by atoms with van der Waals surface area (Å²) in [5.41, 5.74) is 3.47. The van der Waals surface area contributed by atoms with Gasteiger partial charge in [-0.25, -0.2) is 4.79 Å². The fraction of sp³-hybridized carbons (Fsp3) is 0.433. The molecule has 0 bridgehead atoms. The molecule has 3 atom stereocenters. The molecule has 0 radical (unpaired) electrons. The van der Waals surface area contributed by atoms with Crippen molar-refractivity contribution < 1.29 is 33.3 Å². The first-order chi connectivity index (χ1) is 18.4. The van der Waals surface area contributed by atoms with Crippen LogP contribution in [0.1, 0.15) is 56.1 Å². The molecule has 0 spiro atoms. The van der Waals surface area contributed by atoms with Crippen molar-refractivity contribution in [3.05, 3.63) is 58.8 Å². The van der Waals surface area contributed by atoms with E-state index in [1.807, 2.05) is 43.3 Å². The van der Waals surface area contributed by atoms with Crippen LogP contribution in [0.3, 0.4) is 0 Å². The lowest BCUT2D eigenvalue weighted by Gasteiger charge is -2.38. The molecule has 2 aromatic carbocycles. The molecular formula is C30H35NO7. The van der Waals surface area contributed by atoms with E-state index in [0.29, 0.717) is 53.7 Å². The Morgan fingerprint density at radius 2 is 1.50 bits per heavy atom. The number of esters is 1. The summed E-state index contributed by atoms with van der Waals surface area (Å²) in [6.45, 7) is 4.38. The van der Waals surface area contributed by atoms with E-state index in [0.717, 1.165) is 23.3 Å². The summed E-state index contributed by atoms with van der Waals surface area (Å²) in [5, 5.41) is 0. The van der Waals surface area contributed by atoms with Crippen LogP contribution in [0.25, 0.3) is 0 Å². The first kappa shape index (κ1) is 27.2. The molecule has 1 aliphatic carbocycles. The minimum Gasteiger partial charge on any atom is -0.493 e. The third kappa shape index (κ3) is 5.12. The predicted octanol–water partition coefficient (Wildman–Crippen LogP) is 5.25. The molecule has 4 rings (SSSR count). The van der Waals surface area contributed by atoms with Crippen molar-refractivity contribution in [1.82, 2.24) is 0 Å². The number of nitrogens with zero attached hydrogens (tertiary/aromatic N) is 1. The number of ketones is 1. The molecule has 0 saturated heterocycles. The van der Waals surface area contributed by atoms with Crippen LogP contribution in [-0.4, -0.2) is 52.5 Å². The second-order valence-electron chi connectivity index (χ2n) is 9.49. The smallest absolute Gasteiger partial charge is 0.336 e. The van der Waals surface area contributed by atoms with Crippen LogP contribution < -0.4 is 18.9 Å². The number of carbonyl (C=O) groups excluding carboxylic acids is 2. The standard InChI is InChI=1S/C30H35NO7/c1-7-12-38-24-11-9-19(16-26(24)36-5)28-27(30(33)37-6)17(2)31-21-13-20(14-22(32)29(21)28)18-8-10-23(34-3)25(15-18)35-4/h8-11,15-16,20,28-29H,7,12-14H2,1-6H3/t20-,28+,29?/m0/s1. The molecule has 2 aliphatic rings. The maximum absolute atomic E-state index is 13.8. The van der Waals surface area contributed by atoms with Crippen LogP contribution in [0.15, 0.2) is 52.7 Å². The summed E-state index contributed by atoms with van der Waals surface area (Å²) in [6, 6.07) is 11.3. The van der Waals surface area contributed by atoms with Gasteiger partial charge in [-0.2, -0.15) is 0 Å². The normalized spacial score (nSPS) is 20.8. The minimum atomic E-state index is -0.573. The van der Waals surface area contributed by atoms with E-state index in [4.69, 9.17) is 28.7 Å². The van der Waals surface area contributed by atoms with E-state index in [1.165, 1.54) is 7.11 Å². The van der Waals surface area contributed by atoms with Crippen molar-refractivity contribution in [2.45, 2.75) is 44.9 Å². The van der Waals surface area contributed by atoms with Crippen LogP contribution in [0.2, 0.25) is 0 Å². The fourth-order valence-corrected chi connectivity index (χ4v) is 5.46. The highest BCUT2D eigenvalue weighted by Gasteiger charge is 2.46. The number of benzene rings is 2. The van der Waals surface area contributed by atoms with Crippen molar-refractivity contribution in [3.63, 3.8) is 0 Å². The maximum Gasteiger partial charge on any atom is 0.336 e. The molecule has 0 N–H and O–H groups in total. The van der Waals surface area contributed by atoms with Gasteiger partial charge in [-0.1, -0.05) is 19.1 Å². The van der Waals surface area contributed by atoms with Gasteiger partial charge in [0.25, 0.3) is 0 Å². The fourth-order valence-electron chi connectivity index (χ4n) is 5.46. The highest BCUT2D eigenvalue weighted by Crippen LogP contribution is 2.47. The molecule has 1 heterocycles. The van der Waals surface area contributed by atoms with Gasteiger partial charge in [-0.3, -0.25) is 9.79 Å². The minimum absolute atomic E-state index is 0.0268. The van der Waals surface area contributed by atoms with Gasteiger partial charge in [-0.15, -0.1) is 0 Å². The van der Waals surface area contributed by atoms with Crippen LogP contribution in [0, 0.1) is 5.92 Å². The van der Waals surface area contributed by atoms with Gasteiger partial charge < -0.3 is 23.7 Å². The number of aliphatic imine (C=N–C) groups is 1. The Labute approximate surface area is 223 Å². The van der Waals surface area contributed by atoms with Crippen LogP contribution in [0.4, 0.5) is 0 Å². The molecule has 38 heavy (non-hydrogen) atoms. The van der Waals surface area contributed by atoms with Crippen molar-refractivity contribution >= 4 is 17.5 Å². The van der Waals surface area contributed by atoms with Gasteiger partial charge in [0.1, 0.15) is 5.78 Å². The van der Waals surface area contributed by atoms with E-state index in [1.54, 1.807) is 28.3 Å². The lowest BCUT2D eigenvalue weighted by Crippen LogP contribution is -2.41. The molecule has 1 unspecified atom stereocenters. The average Bonchev–Trinajstić information content (AvgIpc) is 2.94. The second kappa shape index (κ2) is 11.7. The number of ether oxygens (including phenoxy) is 5. The summed E-state index contributed by atoms with van der Waals surface area (Å²) in [4.78, 5) is 31.6. The third-order valence-corrected chi connectivity index (χ3v) is 7.25. The molecule has 0 amide bonds. The molecule has 202 valence electrons. The second-order valence-corrected chi connectivity index (χ2v) is 9.49. The molecule has 8 heteroatoms. The average molecular weight is 522 g/mol. The van der Waals surface area contributed by atoms with E-state index >= 15 is 0 Å². The Morgan fingerprint density at radius 1 is 0.868 bits per heavy atom. The van der Waals surface area contributed by atoms with E-state index in [9.17, 15) is 9.59 Å². The topological polar surface area (TPSA) is 92.7 Å².